The molecule has 0 saturated heterocycles. The molecule has 2 nitrogen and oxygen atoms in total. The number of fused-ring (bicyclic) bond motifs is 1. The summed E-state index contributed by atoms with van der Waals surface area (Å²) in [6, 6.07) is 10.5. The van der Waals surface area contributed by atoms with Gasteiger partial charge in [-0.1, -0.05) is 18.2 Å². The summed E-state index contributed by atoms with van der Waals surface area (Å²) < 4.78 is 5.69. The van der Waals surface area contributed by atoms with Crippen molar-refractivity contribution in [1.82, 2.24) is 4.98 Å². The van der Waals surface area contributed by atoms with E-state index in [1.54, 1.807) is 12.4 Å². The Morgan fingerprint density at radius 1 is 1.12 bits per heavy atom. The number of pyridine rings is 1. The highest BCUT2D eigenvalue weighted by Gasteiger charge is 2.10. The number of aryl methyl sites for hydroxylation is 2. The molecule has 17 heavy (non-hydrogen) atoms. The van der Waals surface area contributed by atoms with Gasteiger partial charge in [-0.15, -0.1) is 0 Å². The van der Waals surface area contributed by atoms with Crippen LogP contribution in [0.1, 0.15) is 23.1 Å². The molecule has 0 fully saturated rings. The van der Waals surface area contributed by atoms with Gasteiger partial charge < -0.3 is 4.74 Å². The standard InChI is InChI=1S/C15H15NO/c1-3-13-7-6-12(9-14(13)4-1)11-17-15-5-2-8-16-10-15/h2,5-10H,1,3-4,11H2. The van der Waals surface area contributed by atoms with Crippen LogP contribution in [0.5, 0.6) is 5.75 Å². The van der Waals surface area contributed by atoms with E-state index in [2.05, 4.69) is 23.2 Å². The Bertz CT molecular complexity index is 508. The van der Waals surface area contributed by atoms with E-state index in [-0.39, 0.29) is 0 Å². The summed E-state index contributed by atoms with van der Waals surface area (Å²) in [6.07, 6.45) is 7.24. The zero-order valence-corrected chi connectivity index (χ0v) is 9.73. The van der Waals surface area contributed by atoms with Crippen molar-refractivity contribution >= 4 is 0 Å². The van der Waals surface area contributed by atoms with Gasteiger partial charge in [-0.2, -0.15) is 0 Å². The molecule has 0 unspecified atom stereocenters. The average molecular weight is 225 g/mol. The van der Waals surface area contributed by atoms with Crippen LogP contribution in [0.25, 0.3) is 0 Å². The topological polar surface area (TPSA) is 22.1 Å². The van der Waals surface area contributed by atoms with Crippen LogP contribution in [0.2, 0.25) is 0 Å². The molecule has 86 valence electrons. The van der Waals surface area contributed by atoms with Gasteiger partial charge in [-0.3, -0.25) is 4.98 Å². The van der Waals surface area contributed by atoms with Gasteiger partial charge in [0, 0.05) is 6.20 Å². The Balaban J connectivity index is 1.70. The van der Waals surface area contributed by atoms with Gasteiger partial charge in [-0.25, -0.2) is 0 Å². The third-order valence-electron chi connectivity index (χ3n) is 3.20. The van der Waals surface area contributed by atoms with E-state index in [1.165, 1.54) is 36.0 Å². The molecular weight excluding hydrogens is 210 g/mol. The SMILES string of the molecule is c1cncc(OCc2ccc3c(c2)CCC3)c1. The van der Waals surface area contributed by atoms with Crippen LogP contribution in [0, 0.1) is 0 Å². The van der Waals surface area contributed by atoms with Crippen LogP contribution < -0.4 is 4.74 Å². The normalized spacial score (nSPS) is 13.4. The second-order valence-electron chi connectivity index (χ2n) is 4.43. The number of rotatable bonds is 3. The minimum atomic E-state index is 0.624. The molecule has 0 amide bonds. The third-order valence-corrected chi connectivity index (χ3v) is 3.20. The first kappa shape index (κ1) is 10.3. The lowest BCUT2D eigenvalue weighted by atomic mass is 10.1. The smallest absolute Gasteiger partial charge is 0.138 e. The first-order valence-corrected chi connectivity index (χ1v) is 6.05. The molecule has 0 bridgehead atoms. The van der Waals surface area contributed by atoms with Crippen molar-refractivity contribution in [3.63, 3.8) is 0 Å². The summed E-state index contributed by atoms with van der Waals surface area (Å²) in [5, 5.41) is 0. The maximum absolute atomic E-state index is 5.69. The van der Waals surface area contributed by atoms with Crippen molar-refractivity contribution in [2.45, 2.75) is 25.9 Å². The lowest BCUT2D eigenvalue weighted by Crippen LogP contribution is -1.96. The van der Waals surface area contributed by atoms with Crippen LogP contribution in [0.3, 0.4) is 0 Å². The predicted molar refractivity (Wildman–Crippen MR) is 67.0 cm³/mol. The zero-order valence-electron chi connectivity index (χ0n) is 9.73. The summed E-state index contributed by atoms with van der Waals surface area (Å²) in [5.41, 5.74) is 4.25. The Hall–Kier alpha value is -1.83. The molecule has 0 spiro atoms. The number of benzene rings is 1. The van der Waals surface area contributed by atoms with E-state index in [0.717, 1.165) is 5.75 Å². The quantitative estimate of drug-likeness (QED) is 0.800. The number of hydrogen-bond donors (Lipinski definition) is 0. The first-order chi connectivity index (χ1) is 8.42. The highest BCUT2D eigenvalue weighted by atomic mass is 16.5. The fraction of sp³-hybridized carbons (Fsp3) is 0.267. The molecule has 1 heterocycles. The van der Waals surface area contributed by atoms with Crippen LogP contribution in [0.4, 0.5) is 0 Å². The van der Waals surface area contributed by atoms with E-state index in [1.807, 2.05) is 12.1 Å². The molecule has 1 aromatic heterocycles. The number of aromatic nitrogens is 1. The Morgan fingerprint density at radius 3 is 2.94 bits per heavy atom. The number of hydrogen-bond acceptors (Lipinski definition) is 2. The van der Waals surface area contributed by atoms with Gasteiger partial charge in [0.25, 0.3) is 0 Å². The molecule has 0 N–H and O–H groups in total. The van der Waals surface area contributed by atoms with Gasteiger partial charge in [0.05, 0.1) is 6.20 Å². The Morgan fingerprint density at radius 2 is 2.06 bits per heavy atom. The van der Waals surface area contributed by atoms with Crippen molar-refractivity contribution < 1.29 is 4.74 Å². The predicted octanol–water partition coefficient (Wildman–Crippen LogP) is 3.15. The number of nitrogens with zero attached hydrogens (tertiary/aromatic N) is 1. The monoisotopic (exact) mass is 225 g/mol. The molecule has 0 atom stereocenters. The molecule has 2 aromatic rings. The summed E-state index contributed by atoms with van der Waals surface area (Å²) in [5.74, 6) is 0.827. The van der Waals surface area contributed by atoms with Gasteiger partial charge in [0.1, 0.15) is 12.4 Å². The fourth-order valence-electron chi connectivity index (χ4n) is 2.31. The van der Waals surface area contributed by atoms with Crippen molar-refractivity contribution in [2.75, 3.05) is 0 Å². The van der Waals surface area contributed by atoms with Gasteiger partial charge in [-0.05, 0) is 48.1 Å². The minimum absolute atomic E-state index is 0.624. The van der Waals surface area contributed by atoms with E-state index >= 15 is 0 Å². The number of ether oxygens (including phenoxy) is 1. The van der Waals surface area contributed by atoms with Gasteiger partial charge in [0.2, 0.25) is 0 Å². The van der Waals surface area contributed by atoms with E-state index in [0.29, 0.717) is 6.61 Å². The van der Waals surface area contributed by atoms with Crippen LogP contribution >= 0.6 is 0 Å². The summed E-state index contributed by atoms with van der Waals surface area (Å²) in [6.45, 7) is 0.624. The van der Waals surface area contributed by atoms with Crippen molar-refractivity contribution in [2.24, 2.45) is 0 Å². The Kier molecular flexibility index (Phi) is 2.78. The van der Waals surface area contributed by atoms with E-state index in [4.69, 9.17) is 4.74 Å². The maximum atomic E-state index is 5.69. The molecule has 0 saturated carbocycles. The molecule has 0 aliphatic heterocycles. The third kappa shape index (κ3) is 2.31. The zero-order chi connectivity index (χ0) is 11.5. The highest BCUT2D eigenvalue weighted by molar-refractivity contribution is 5.35. The highest BCUT2D eigenvalue weighted by Crippen LogP contribution is 2.23. The largest absolute Gasteiger partial charge is 0.487 e. The fourth-order valence-corrected chi connectivity index (χ4v) is 2.31. The van der Waals surface area contributed by atoms with Crippen molar-refractivity contribution in [3.05, 3.63) is 59.4 Å². The molecule has 0 radical (unpaired) electrons. The minimum Gasteiger partial charge on any atom is -0.487 e. The molecule has 1 aromatic carbocycles. The lowest BCUT2D eigenvalue weighted by Gasteiger charge is -2.07. The molecule has 1 aliphatic rings. The second kappa shape index (κ2) is 4.58. The molecule has 1 aliphatic carbocycles. The average Bonchev–Trinajstić information content (AvgIpc) is 2.85. The maximum Gasteiger partial charge on any atom is 0.138 e. The van der Waals surface area contributed by atoms with E-state index in [9.17, 15) is 0 Å². The van der Waals surface area contributed by atoms with Crippen molar-refractivity contribution in [1.29, 1.82) is 0 Å². The van der Waals surface area contributed by atoms with Crippen LogP contribution in [0.15, 0.2) is 42.7 Å². The molecular formula is C15H15NO. The Labute approximate surface area is 101 Å². The van der Waals surface area contributed by atoms with Gasteiger partial charge >= 0.3 is 0 Å². The summed E-state index contributed by atoms with van der Waals surface area (Å²) >= 11 is 0. The second-order valence-corrected chi connectivity index (χ2v) is 4.43. The van der Waals surface area contributed by atoms with Crippen LogP contribution in [-0.4, -0.2) is 4.98 Å². The lowest BCUT2D eigenvalue weighted by molar-refractivity contribution is 0.305. The van der Waals surface area contributed by atoms with Crippen molar-refractivity contribution in [3.8, 4) is 5.75 Å². The van der Waals surface area contributed by atoms with E-state index < -0.39 is 0 Å². The van der Waals surface area contributed by atoms with Gasteiger partial charge in [0.15, 0.2) is 0 Å². The molecule has 2 heteroatoms. The van der Waals surface area contributed by atoms with Crippen LogP contribution in [-0.2, 0) is 19.4 Å². The summed E-state index contributed by atoms with van der Waals surface area (Å²) in [4.78, 5) is 4.03. The first-order valence-electron chi connectivity index (χ1n) is 6.05. The molecule has 3 rings (SSSR count). The summed E-state index contributed by atoms with van der Waals surface area (Å²) in [7, 11) is 0.